The van der Waals surface area contributed by atoms with Gasteiger partial charge in [-0.05, 0) is 44.6 Å². The van der Waals surface area contributed by atoms with Gasteiger partial charge in [-0.2, -0.15) is 0 Å². The molecule has 10 nitrogen and oxygen atoms in total. The van der Waals surface area contributed by atoms with Crippen LogP contribution in [0.1, 0.15) is 174 Å². The van der Waals surface area contributed by atoms with Crippen molar-refractivity contribution in [2.45, 2.75) is 180 Å². The molecule has 3 N–H and O–H groups in total. The minimum absolute atomic E-state index is 0.0343. The van der Waals surface area contributed by atoms with Gasteiger partial charge in [0.05, 0.1) is 13.2 Å². The van der Waals surface area contributed by atoms with Gasteiger partial charge in [0.15, 0.2) is 11.9 Å². The van der Waals surface area contributed by atoms with Crippen molar-refractivity contribution in [2.24, 2.45) is 5.73 Å². The first-order chi connectivity index (χ1) is 26.2. The topological polar surface area (TPSA) is 151 Å². The number of esters is 2. The summed E-state index contributed by atoms with van der Waals surface area (Å²) >= 11 is 0. The molecule has 0 aliphatic carbocycles. The summed E-state index contributed by atoms with van der Waals surface area (Å²) in [4.78, 5) is 46.5. The molecule has 0 bridgehead atoms. The van der Waals surface area contributed by atoms with Crippen molar-refractivity contribution in [3.05, 3.63) is 48.6 Å². The predicted octanol–water partition coefficient (Wildman–Crippen LogP) is 11.1. The summed E-state index contributed by atoms with van der Waals surface area (Å²) in [5.74, 6) is -0.761. The Morgan fingerprint density at radius 3 is 1.74 bits per heavy atom. The number of rotatable bonds is 39. The average molecular weight is 782 g/mol. The molecule has 0 fully saturated rings. The highest BCUT2D eigenvalue weighted by molar-refractivity contribution is 7.47. The molecule has 0 aliphatic heterocycles. The number of carbonyl (C=O) groups is 3. The second-order valence-corrected chi connectivity index (χ2v) is 15.4. The quantitative estimate of drug-likeness (QED) is 0.0154. The maximum absolute atomic E-state index is 12.5. The largest absolute Gasteiger partial charge is 0.472 e. The zero-order valence-corrected chi connectivity index (χ0v) is 34.8. The van der Waals surface area contributed by atoms with Crippen LogP contribution < -0.4 is 5.73 Å². The summed E-state index contributed by atoms with van der Waals surface area (Å²) in [6, 6.07) is 0. The number of allylic oxidation sites excluding steroid dienone is 8. The first kappa shape index (κ1) is 51.6. The number of unbranched alkanes of at least 4 members (excludes halogenated alkanes) is 17. The number of carbonyl (C=O) groups excluding carboxylic acids is 3. The number of hydrogen-bond acceptors (Lipinski definition) is 9. The van der Waals surface area contributed by atoms with Crippen LogP contribution in [0.2, 0.25) is 0 Å². The maximum Gasteiger partial charge on any atom is 0.472 e. The number of phosphoric acid groups is 1. The van der Waals surface area contributed by atoms with Crippen LogP contribution >= 0.6 is 7.82 Å². The predicted molar refractivity (Wildman–Crippen MR) is 220 cm³/mol. The van der Waals surface area contributed by atoms with Gasteiger partial charge in [0.1, 0.15) is 6.61 Å². The monoisotopic (exact) mass is 782 g/mol. The molecule has 0 radical (unpaired) electrons. The first-order valence-electron chi connectivity index (χ1n) is 21.1. The van der Waals surface area contributed by atoms with Crippen molar-refractivity contribution in [1.82, 2.24) is 0 Å². The standard InChI is InChI=1S/C43H76NO9P/c1-3-5-7-8-9-10-11-12-13-14-17-20-23-26-30-34-42(46)50-38-41(39-52-54(48,49)51-37-36-44)53-43(47)35-31-27-24-21-18-15-16-19-22-25-29-33-40(45)32-28-6-4-2/h15-16,21-22,24-25,29,33,41H,3-14,17-20,23,26-28,30-32,34-39,44H2,1-2H3,(H,48,49)/b16-15-,24-21-,25-22-,33-29+/t41-/m1/s1. The molecule has 11 heteroatoms. The van der Waals surface area contributed by atoms with Crippen molar-refractivity contribution in [1.29, 1.82) is 0 Å². The maximum atomic E-state index is 12.5. The lowest BCUT2D eigenvalue weighted by Crippen LogP contribution is -2.29. The molecule has 0 amide bonds. The van der Waals surface area contributed by atoms with Crippen LogP contribution in [0.25, 0.3) is 0 Å². The summed E-state index contributed by atoms with van der Waals surface area (Å²) in [6.45, 7) is 3.48. The first-order valence-corrected chi connectivity index (χ1v) is 22.6. The second kappa shape index (κ2) is 38.9. The zero-order valence-electron chi connectivity index (χ0n) is 33.9. The van der Waals surface area contributed by atoms with Crippen LogP contribution in [0.3, 0.4) is 0 Å². The fraction of sp³-hybridized carbons (Fsp3) is 0.744. The third-order valence-corrected chi connectivity index (χ3v) is 9.68. The van der Waals surface area contributed by atoms with Gasteiger partial charge in [0, 0.05) is 25.8 Å². The van der Waals surface area contributed by atoms with Crippen molar-refractivity contribution < 1.29 is 42.4 Å². The number of hydrogen-bond donors (Lipinski definition) is 2. The van der Waals surface area contributed by atoms with Gasteiger partial charge in [-0.25, -0.2) is 4.57 Å². The molecular weight excluding hydrogens is 705 g/mol. The summed E-state index contributed by atoms with van der Waals surface area (Å²) < 4.78 is 32.6. The molecule has 0 aromatic carbocycles. The van der Waals surface area contributed by atoms with Gasteiger partial charge in [0.25, 0.3) is 0 Å². The lowest BCUT2D eigenvalue weighted by molar-refractivity contribution is -0.161. The number of phosphoric ester groups is 1. The molecule has 0 rings (SSSR count). The van der Waals surface area contributed by atoms with E-state index in [1.54, 1.807) is 12.2 Å². The Hall–Kier alpha value is -2.36. The number of ether oxygens (including phenoxy) is 2. The molecule has 2 atom stereocenters. The Morgan fingerprint density at radius 1 is 0.611 bits per heavy atom. The molecule has 54 heavy (non-hydrogen) atoms. The molecule has 0 saturated heterocycles. The normalized spacial score (nSPS) is 13.7. The molecule has 0 aliphatic rings. The Kier molecular flexibility index (Phi) is 37.2. The van der Waals surface area contributed by atoms with E-state index in [4.69, 9.17) is 24.3 Å². The van der Waals surface area contributed by atoms with Crippen molar-refractivity contribution in [2.75, 3.05) is 26.4 Å². The van der Waals surface area contributed by atoms with E-state index in [-0.39, 0.29) is 38.4 Å². The SMILES string of the molecule is CCCCCCCCCCCCCCCCCC(=O)OC[C@H](COP(=O)(O)OCCN)OC(=O)CCC/C=C\C/C=C\C/C=C\C=C\C(=O)CCCCC. The molecule has 0 aromatic heterocycles. The second-order valence-electron chi connectivity index (χ2n) is 13.9. The Balaban J connectivity index is 4.31. The molecule has 0 heterocycles. The van der Waals surface area contributed by atoms with Gasteiger partial charge < -0.3 is 20.1 Å². The van der Waals surface area contributed by atoms with Crippen LogP contribution in [0.5, 0.6) is 0 Å². The number of ketones is 1. The minimum atomic E-state index is -4.40. The van der Waals surface area contributed by atoms with Crippen molar-refractivity contribution >= 4 is 25.5 Å². The number of nitrogens with two attached hydrogens (primary N) is 1. The van der Waals surface area contributed by atoms with E-state index in [1.807, 2.05) is 24.3 Å². The average Bonchev–Trinajstić information content (AvgIpc) is 3.15. The van der Waals surface area contributed by atoms with E-state index in [0.29, 0.717) is 19.3 Å². The van der Waals surface area contributed by atoms with E-state index >= 15 is 0 Å². The summed E-state index contributed by atoms with van der Waals surface area (Å²) in [7, 11) is -4.40. The third-order valence-electron chi connectivity index (χ3n) is 8.69. The van der Waals surface area contributed by atoms with E-state index < -0.39 is 32.5 Å². The minimum Gasteiger partial charge on any atom is -0.462 e. The van der Waals surface area contributed by atoms with Crippen LogP contribution in [0, 0.1) is 0 Å². The highest BCUT2D eigenvalue weighted by Crippen LogP contribution is 2.43. The Labute approximate surface area is 328 Å². The highest BCUT2D eigenvalue weighted by Gasteiger charge is 2.25. The van der Waals surface area contributed by atoms with Gasteiger partial charge in [-0.15, -0.1) is 0 Å². The smallest absolute Gasteiger partial charge is 0.462 e. The summed E-state index contributed by atoms with van der Waals surface area (Å²) in [5.41, 5.74) is 5.33. The molecular formula is C43H76NO9P. The van der Waals surface area contributed by atoms with E-state index in [1.165, 1.54) is 77.0 Å². The fourth-order valence-corrected chi connectivity index (χ4v) is 6.29. The molecule has 1 unspecified atom stereocenters. The van der Waals surface area contributed by atoms with Gasteiger partial charge in [0.2, 0.25) is 0 Å². The van der Waals surface area contributed by atoms with Crippen molar-refractivity contribution in [3.63, 3.8) is 0 Å². The van der Waals surface area contributed by atoms with Crippen LogP contribution in [0.15, 0.2) is 48.6 Å². The van der Waals surface area contributed by atoms with Gasteiger partial charge in [-0.3, -0.25) is 23.4 Å². The van der Waals surface area contributed by atoms with Crippen molar-refractivity contribution in [3.8, 4) is 0 Å². The molecule has 0 spiro atoms. The zero-order chi connectivity index (χ0) is 39.8. The van der Waals surface area contributed by atoms with E-state index in [9.17, 15) is 23.8 Å². The summed E-state index contributed by atoms with van der Waals surface area (Å²) in [6.07, 6.45) is 39.8. The Bertz CT molecular complexity index is 1090. The molecule has 0 saturated carbocycles. The fourth-order valence-electron chi connectivity index (χ4n) is 5.52. The molecule has 312 valence electrons. The molecule has 0 aromatic rings. The van der Waals surface area contributed by atoms with Gasteiger partial charge >= 0.3 is 19.8 Å². The van der Waals surface area contributed by atoms with Crippen LogP contribution in [0.4, 0.5) is 0 Å². The van der Waals surface area contributed by atoms with Crippen LogP contribution in [-0.4, -0.2) is 55.1 Å². The van der Waals surface area contributed by atoms with E-state index in [0.717, 1.165) is 51.4 Å². The lowest BCUT2D eigenvalue weighted by Gasteiger charge is -2.19. The highest BCUT2D eigenvalue weighted by atomic mass is 31.2. The Morgan fingerprint density at radius 2 is 1.13 bits per heavy atom. The van der Waals surface area contributed by atoms with Crippen LogP contribution in [-0.2, 0) is 37.5 Å². The third kappa shape index (κ3) is 37.9. The summed E-state index contributed by atoms with van der Waals surface area (Å²) in [5, 5.41) is 0. The van der Waals surface area contributed by atoms with E-state index in [2.05, 4.69) is 26.0 Å². The van der Waals surface area contributed by atoms with Gasteiger partial charge in [-0.1, -0.05) is 159 Å². The lowest BCUT2D eigenvalue weighted by atomic mass is 10.0.